The van der Waals surface area contributed by atoms with Crippen molar-refractivity contribution >= 4 is 83.3 Å². The fourth-order valence-corrected chi connectivity index (χ4v) is 15.9. The molecule has 4 saturated heterocycles. The Kier molecular flexibility index (Phi) is 24.6. The molecule has 378 valence electrons. The molecule has 0 bridgehead atoms. The number of aliphatic hydroxyl groups is 4. The van der Waals surface area contributed by atoms with Crippen molar-refractivity contribution in [1.82, 2.24) is 36.5 Å². The van der Waals surface area contributed by atoms with E-state index in [4.69, 9.17) is 10.6 Å². The van der Waals surface area contributed by atoms with Gasteiger partial charge < -0.3 is 46.0 Å². The van der Waals surface area contributed by atoms with E-state index in [0.29, 0.717) is 45.3 Å². The Hall–Kier alpha value is -0.950. The fraction of sp³-hybridized carbons (Fsp3) is 0.907. The molecule has 9 atom stereocenters. The molecule has 1 aliphatic carbocycles. The minimum absolute atomic E-state index is 0. The molecule has 4 amide bonds. The van der Waals surface area contributed by atoms with Crippen molar-refractivity contribution < 1.29 is 44.3 Å². The smallest absolute Gasteiger partial charge is 0.408 e. The van der Waals surface area contributed by atoms with Gasteiger partial charge >= 0.3 is 6.09 Å². The van der Waals surface area contributed by atoms with Crippen LogP contribution in [0.25, 0.3) is 0 Å². The number of hydrazine groups is 1. The van der Waals surface area contributed by atoms with Gasteiger partial charge in [0.1, 0.15) is 36.3 Å². The number of halogens is 1. The number of aliphatic hydroxyl groups excluding tert-OH is 4. The first-order valence-corrected chi connectivity index (χ1v) is 27.4. The number of carbonyl (C=O) groups excluding carboxylic acids is 4. The van der Waals surface area contributed by atoms with Crippen LogP contribution < -0.4 is 32.4 Å². The van der Waals surface area contributed by atoms with Gasteiger partial charge in [-0.05, 0) is 79.1 Å². The standard InChI is InChI=1S/C28H50N4O6S2.C15H30N4O3S2.ClH/c1-6-11-19(22(33)24(35)29-7-2)30-23(34)20-16-28(39-14-15-40-28)17-32(20)25(36)21(18-12-9-8-10-13-18)31-26(37)38-27(3,4)5;1-3-5-10(12(20)14(22)17-4-2)18-13(21)11-8-15(9-19(11)16)23-6-7-24-15;/h18-23,30,33-34H,6-17H2,1-5H3,(H,29,35)(H,31,37);10-13,18,20-21H,3-9,16H2,1-2H3,(H,17,22);1H/t19?,20-,21?,22?,23-;10?,11-,12?,13-;/m00./s1. The van der Waals surface area contributed by atoms with Gasteiger partial charge in [-0.3, -0.25) is 30.9 Å². The number of hydrogen-bond donors (Lipinski definition) is 10. The summed E-state index contributed by atoms with van der Waals surface area (Å²) in [7, 11) is 0. The molecule has 11 N–H and O–H groups in total. The Labute approximate surface area is 410 Å². The zero-order valence-corrected chi connectivity index (χ0v) is 43.6. The third-order valence-corrected chi connectivity index (χ3v) is 19.2. The predicted octanol–water partition coefficient (Wildman–Crippen LogP) is 2.92. The molecule has 1 saturated carbocycles. The van der Waals surface area contributed by atoms with Crippen LogP contribution in [0.1, 0.15) is 119 Å². The Balaban J connectivity index is 0.000000384. The highest BCUT2D eigenvalue weighted by molar-refractivity contribution is 8.21. The number of rotatable bonds is 19. The van der Waals surface area contributed by atoms with Crippen LogP contribution in [0.5, 0.6) is 0 Å². The maximum absolute atomic E-state index is 14.3. The lowest BCUT2D eigenvalue weighted by Gasteiger charge is -2.37. The molecule has 22 heteroatoms. The third kappa shape index (κ3) is 16.9. The molecule has 0 aromatic heterocycles. The Morgan fingerprint density at radius 2 is 1.17 bits per heavy atom. The van der Waals surface area contributed by atoms with Gasteiger partial charge in [0.2, 0.25) is 17.7 Å². The molecule has 4 heterocycles. The van der Waals surface area contributed by atoms with Crippen LogP contribution in [0.4, 0.5) is 4.79 Å². The average Bonchev–Trinajstić information content (AvgIpc) is 4.07. The second-order valence-electron chi connectivity index (χ2n) is 18.6. The molecule has 17 nitrogen and oxygen atoms in total. The van der Waals surface area contributed by atoms with E-state index in [2.05, 4.69) is 26.6 Å². The molecule has 4 aliphatic heterocycles. The van der Waals surface area contributed by atoms with E-state index in [1.165, 1.54) is 0 Å². The number of nitrogens with zero attached hydrogens (tertiary/aromatic N) is 2. The first-order chi connectivity index (χ1) is 30.3. The normalized spacial score (nSPS) is 25.1. The highest BCUT2D eigenvalue weighted by atomic mass is 35.5. The summed E-state index contributed by atoms with van der Waals surface area (Å²) in [6, 6.07) is -2.70. The van der Waals surface area contributed by atoms with E-state index in [9.17, 15) is 39.6 Å². The zero-order chi connectivity index (χ0) is 47.2. The van der Waals surface area contributed by atoms with E-state index >= 15 is 0 Å². The number of likely N-dealkylation sites (N-methyl/N-ethyl adjacent to an activating group) is 2. The van der Waals surface area contributed by atoms with Crippen LogP contribution in [-0.2, 0) is 19.1 Å². The van der Waals surface area contributed by atoms with Crippen LogP contribution >= 0.6 is 59.5 Å². The molecular weight excluding hydrogens is 936 g/mol. The topological polar surface area (TPSA) is 251 Å². The molecular formula is C43H81ClN8O9S4. The second kappa shape index (κ2) is 27.4. The number of hydrogen-bond acceptors (Lipinski definition) is 17. The zero-order valence-electron chi connectivity index (χ0n) is 39.6. The number of nitrogens with one attached hydrogen (secondary N) is 5. The molecule has 5 fully saturated rings. The number of alkyl carbamates (subject to hydrolysis) is 1. The van der Waals surface area contributed by atoms with Crippen LogP contribution in [-0.4, -0.2) is 172 Å². The van der Waals surface area contributed by atoms with E-state index < -0.39 is 72.3 Å². The van der Waals surface area contributed by atoms with Crippen molar-refractivity contribution in [3.8, 4) is 0 Å². The number of amides is 4. The van der Waals surface area contributed by atoms with E-state index in [-0.39, 0.29) is 38.4 Å². The summed E-state index contributed by atoms with van der Waals surface area (Å²) >= 11 is 7.46. The van der Waals surface area contributed by atoms with Crippen LogP contribution in [0, 0.1) is 5.92 Å². The van der Waals surface area contributed by atoms with Gasteiger partial charge in [-0.1, -0.05) is 46.0 Å². The first-order valence-electron chi connectivity index (χ1n) is 23.5. The van der Waals surface area contributed by atoms with Gasteiger partial charge in [-0.25, -0.2) is 9.80 Å². The summed E-state index contributed by atoms with van der Waals surface area (Å²) in [5.74, 6) is 9.19. The number of carbonyl (C=O) groups is 4. The molecule has 5 aliphatic rings. The number of ether oxygens (including phenoxy) is 1. The summed E-state index contributed by atoms with van der Waals surface area (Å²) in [6.45, 7) is 15.0. The molecule has 5 rings (SSSR count). The lowest BCUT2D eigenvalue weighted by Crippen LogP contribution is -2.60. The Morgan fingerprint density at radius 3 is 1.62 bits per heavy atom. The third-order valence-electron chi connectivity index (χ3n) is 12.4. The van der Waals surface area contributed by atoms with Gasteiger partial charge in [-0.15, -0.1) is 59.5 Å². The van der Waals surface area contributed by atoms with E-state index in [1.807, 2.05) is 67.8 Å². The summed E-state index contributed by atoms with van der Waals surface area (Å²) in [5, 5.41) is 59.1. The predicted molar refractivity (Wildman–Crippen MR) is 267 cm³/mol. The molecule has 65 heavy (non-hydrogen) atoms. The Bertz CT molecular complexity index is 1490. The summed E-state index contributed by atoms with van der Waals surface area (Å²) in [4.78, 5) is 53.2. The minimum atomic E-state index is -1.33. The summed E-state index contributed by atoms with van der Waals surface area (Å²) in [5.41, 5.74) is -0.694. The highest BCUT2D eigenvalue weighted by Crippen LogP contribution is 2.53. The van der Waals surface area contributed by atoms with Gasteiger partial charge in [0.25, 0.3) is 0 Å². The van der Waals surface area contributed by atoms with Crippen LogP contribution in [0.3, 0.4) is 0 Å². The molecule has 2 spiro atoms. The van der Waals surface area contributed by atoms with E-state index in [1.54, 1.807) is 37.6 Å². The number of likely N-dealkylation sites (tertiary alicyclic amines) is 1. The van der Waals surface area contributed by atoms with E-state index in [0.717, 1.165) is 74.5 Å². The maximum Gasteiger partial charge on any atom is 0.408 e. The van der Waals surface area contributed by atoms with Crippen molar-refractivity contribution in [1.29, 1.82) is 0 Å². The summed E-state index contributed by atoms with van der Waals surface area (Å²) < 4.78 is 5.37. The first kappa shape index (κ1) is 58.4. The maximum atomic E-state index is 14.3. The lowest BCUT2D eigenvalue weighted by atomic mass is 9.83. The van der Waals surface area contributed by atoms with Crippen molar-refractivity contribution in [2.45, 2.75) is 188 Å². The monoisotopic (exact) mass is 1020 g/mol. The van der Waals surface area contributed by atoms with Crippen molar-refractivity contribution in [3.63, 3.8) is 0 Å². The van der Waals surface area contributed by atoms with Gasteiger partial charge in [0.05, 0.1) is 20.2 Å². The minimum Gasteiger partial charge on any atom is -0.444 e. The van der Waals surface area contributed by atoms with Gasteiger partial charge in [0.15, 0.2) is 0 Å². The highest BCUT2D eigenvalue weighted by Gasteiger charge is 2.53. The van der Waals surface area contributed by atoms with Crippen LogP contribution in [0.15, 0.2) is 0 Å². The average molecular weight is 1020 g/mol. The van der Waals surface area contributed by atoms with Crippen molar-refractivity contribution in [2.75, 3.05) is 49.2 Å². The SMILES string of the molecule is CCCC(N[C@@H](O)[C@@H]1CC2(CN1C(=O)C(NC(=O)OC(C)(C)C)C1CCCCC1)SCCS2)C(O)C(=O)NCC.CCCC(N[C@@H](O)[C@@H]1CC2(CN1N)SCCS2)C(O)C(=O)NCC.Cl. The quantitative estimate of drug-likeness (QED) is 0.0660. The number of nitrogens with two attached hydrogens (primary N) is 1. The molecule has 0 radical (unpaired) electrons. The van der Waals surface area contributed by atoms with Crippen molar-refractivity contribution in [2.24, 2.45) is 11.8 Å². The number of thioether (sulfide) groups is 4. The van der Waals surface area contributed by atoms with Crippen molar-refractivity contribution in [3.05, 3.63) is 0 Å². The Morgan fingerprint density at radius 1 is 0.723 bits per heavy atom. The molecule has 0 aromatic carbocycles. The fourth-order valence-electron chi connectivity index (χ4n) is 9.33. The molecule has 5 unspecified atom stereocenters. The largest absolute Gasteiger partial charge is 0.444 e. The summed E-state index contributed by atoms with van der Waals surface area (Å²) in [6.07, 6.45) is 3.60. The van der Waals surface area contributed by atoms with Crippen LogP contribution in [0.2, 0.25) is 0 Å². The van der Waals surface area contributed by atoms with Gasteiger partial charge in [-0.2, -0.15) is 0 Å². The van der Waals surface area contributed by atoms with Gasteiger partial charge in [0, 0.05) is 61.3 Å². The lowest BCUT2D eigenvalue weighted by molar-refractivity contribution is -0.140. The second-order valence-corrected chi connectivity index (χ2v) is 25.0. The molecule has 0 aromatic rings.